The predicted octanol–water partition coefficient (Wildman–Crippen LogP) is 4.33. The first kappa shape index (κ1) is 13.2. The zero-order chi connectivity index (χ0) is 12.3. The van der Waals surface area contributed by atoms with Crippen LogP contribution in [0.25, 0.3) is 0 Å². The molecular formula is C9H6BrF5O. The van der Waals surface area contributed by atoms with E-state index in [-0.39, 0.29) is 0 Å². The molecule has 90 valence electrons. The summed E-state index contributed by atoms with van der Waals surface area (Å²) in [5.41, 5.74) is -0.571. The Balaban J connectivity index is 2.87. The van der Waals surface area contributed by atoms with Crippen LogP contribution in [0.5, 0.6) is 5.75 Å². The van der Waals surface area contributed by atoms with E-state index in [1.165, 1.54) is 6.07 Å². The molecule has 16 heavy (non-hydrogen) atoms. The first-order valence-electron chi connectivity index (χ1n) is 4.07. The lowest BCUT2D eigenvalue weighted by atomic mass is 10.2. The summed E-state index contributed by atoms with van der Waals surface area (Å²) >= 11 is 2.94. The molecule has 1 aromatic rings. The van der Waals surface area contributed by atoms with Gasteiger partial charge in [0.05, 0.1) is 5.56 Å². The minimum atomic E-state index is -4.55. The van der Waals surface area contributed by atoms with Crippen LogP contribution in [0, 0.1) is 0 Å². The third kappa shape index (κ3) is 3.96. The maximum absolute atomic E-state index is 12.4. The molecule has 0 aliphatic rings. The summed E-state index contributed by atoms with van der Waals surface area (Å²) < 4.78 is 65.0. The van der Waals surface area contributed by atoms with E-state index in [1.54, 1.807) is 0 Å². The highest BCUT2D eigenvalue weighted by atomic mass is 79.9. The van der Waals surface area contributed by atoms with Crippen LogP contribution in [0.4, 0.5) is 22.0 Å². The van der Waals surface area contributed by atoms with Gasteiger partial charge in [-0.25, -0.2) is 8.78 Å². The minimum absolute atomic E-state index is 0.349. The van der Waals surface area contributed by atoms with Gasteiger partial charge in [-0.15, -0.1) is 0 Å². The molecular weight excluding hydrogens is 299 g/mol. The highest BCUT2D eigenvalue weighted by Crippen LogP contribution is 2.32. The summed E-state index contributed by atoms with van der Waals surface area (Å²) in [6, 6.07) is 3.42. The van der Waals surface area contributed by atoms with E-state index in [1.807, 2.05) is 0 Å². The zero-order valence-corrected chi connectivity index (χ0v) is 9.28. The Hall–Kier alpha value is -0.850. The summed E-state index contributed by atoms with van der Waals surface area (Å²) in [6.45, 7) is -1.59. The predicted molar refractivity (Wildman–Crippen MR) is 50.6 cm³/mol. The fourth-order valence-electron chi connectivity index (χ4n) is 0.981. The van der Waals surface area contributed by atoms with E-state index in [9.17, 15) is 22.0 Å². The first-order valence-corrected chi connectivity index (χ1v) is 4.86. The molecule has 0 saturated heterocycles. The Kier molecular flexibility index (Phi) is 4.12. The maximum atomic E-state index is 12.4. The lowest BCUT2D eigenvalue weighted by Crippen LogP contribution is -2.19. The molecule has 0 atom stereocenters. The number of hydrogen-bond donors (Lipinski definition) is 0. The number of rotatable bonds is 3. The lowest BCUT2D eigenvalue weighted by Gasteiger charge is -2.12. The van der Waals surface area contributed by atoms with Crippen LogP contribution in [0.3, 0.4) is 0 Å². The van der Waals surface area contributed by atoms with Crippen molar-refractivity contribution >= 4 is 15.9 Å². The summed E-state index contributed by atoms with van der Waals surface area (Å²) in [5, 5.41) is 0. The smallest absolute Gasteiger partial charge is 0.422 e. The van der Waals surface area contributed by atoms with Crippen molar-refractivity contribution in [2.45, 2.75) is 12.6 Å². The van der Waals surface area contributed by atoms with Gasteiger partial charge >= 0.3 is 6.18 Å². The molecule has 7 heteroatoms. The molecule has 0 unspecified atom stereocenters. The number of halogens is 6. The topological polar surface area (TPSA) is 9.23 Å². The van der Waals surface area contributed by atoms with Crippen molar-refractivity contribution in [3.8, 4) is 5.75 Å². The van der Waals surface area contributed by atoms with Gasteiger partial charge in [-0.2, -0.15) is 13.2 Å². The molecule has 0 heterocycles. The quantitative estimate of drug-likeness (QED) is 0.755. The number of ether oxygens (including phenoxy) is 1. The molecule has 0 aromatic heterocycles. The molecule has 0 aliphatic heterocycles. The highest BCUT2D eigenvalue weighted by Gasteiger charge is 2.29. The molecule has 0 aliphatic carbocycles. The summed E-state index contributed by atoms with van der Waals surface area (Å²) in [7, 11) is 0. The van der Waals surface area contributed by atoms with Gasteiger partial charge in [-0.05, 0) is 18.2 Å². The third-order valence-electron chi connectivity index (χ3n) is 1.60. The Morgan fingerprint density at radius 2 is 1.88 bits per heavy atom. The Labute approximate surface area is 96.3 Å². The third-order valence-corrected chi connectivity index (χ3v) is 2.09. The molecule has 1 nitrogen and oxygen atoms in total. The summed E-state index contributed by atoms with van der Waals surface area (Å²) in [5.74, 6) is -0.462. The molecule has 0 spiro atoms. The molecule has 0 amide bonds. The average Bonchev–Trinajstić information content (AvgIpc) is 2.14. The van der Waals surface area contributed by atoms with Gasteiger partial charge in [0, 0.05) is 4.47 Å². The van der Waals surface area contributed by atoms with E-state index in [2.05, 4.69) is 20.7 Å². The van der Waals surface area contributed by atoms with Crippen molar-refractivity contribution < 1.29 is 26.7 Å². The molecule has 1 rings (SSSR count). The SMILES string of the molecule is FC(F)c1cc(Br)ccc1OCC(F)(F)F. The average molecular weight is 305 g/mol. The van der Waals surface area contributed by atoms with Gasteiger partial charge in [0.15, 0.2) is 6.61 Å². The van der Waals surface area contributed by atoms with Gasteiger partial charge in [0.2, 0.25) is 0 Å². The van der Waals surface area contributed by atoms with Crippen molar-refractivity contribution in [2.24, 2.45) is 0 Å². The van der Waals surface area contributed by atoms with Crippen LogP contribution in [0.15, 0.2) is 22.7 Å². The van der Waals surface area contributed by atoms with E-state index >= 15 is 0 Å². The van der Waals surface area contributed by atoms with Crippen LogP contribution >= 0.6 is 15.9 Å². The number of benzene rings is 1. The fraction of sp³-hybridized carbons (Fsp3) is 0.333. The van der Waals surface area contributed by atoms with Crippen molar-refractivity contribution in [2.75, 3.05) is 6.61 Å². The minimum Gasteiger partial charge on any atom is -0.484 e. The van der Waals surface area contributed by atoms with Crippen molar-refractivity contribution in [1.29, 1.82) is 0 Å². The van der Waals surface area contributed by atoms with Gasteiger partial charge in [0.25, 0.3) is 6.43 Å². The largest absolute Gasteiger partial charge is 0.484 e. The Morgan fingerprint density at radius 1 is 1.25 bits per heavy atom. The summed E-state index contributed by atoms with van der Waals surface area (Å²) in [4.78, 5) is 0. The summed E-state index contributed by atoms with van der Waals surface area (Å²) in [6.07, 6.45) is -7.44. The van der Waals surface area contributed by atoms with E-state index in [0.29, 0.717) is 4.47 Å². The molecule has 0 radical (unpaired) electrons. The van der Waals surface area contributed by atoms with E-state index in [0.717, 1.165) is 12.1 Å². The van der Waals surface area contributed by atoms with Crippen molar-refractivity contribution in [3.05, 3.63) is 28.2 Å². The van der Waals surface area contributed by atoms with Crippen LogP contribution in [0.1, 0.15) is 12.0 Å². The molecule has 0 bridgehead atoms. The van der Waals surface area contributed by atoms with Crippen molar-refractivity contribution in [1.82, 2.24) is 0 Å². The molecule has 0 N–H and O–H groups in total. The normalized spacial score (nSPS) is 11.9. The van der Waals surface area contributed by atoms with Crippen LogP contribution in [-0.2, 0) is 0 Å². The highest BCUT2D eigenvalue weighted by molar-refractivity contribution is 9.10. The first-order chi connectivity index (χ1) is 7.29. The van der Waals surface area contributed by atoms with Crippen LogP contribution in [0.2, 0.25) is 0 Å². The maximum Gasteiger partial charge on any atom is 0.422 e. The van der Waals surface area contributed by atoms with E-state index < -0.39 is 30.5 Å². The zero-order valence-electron chi connectivity index (χ0n) is 7.69. The second-order valence-corrected chi connectivity index (χ2v) is 3.80. The number of alkyl halides is 5. The lowest BCUT2D eigenvalue weighted by molar-refractivity contribution is -0.153. The Morgan fingerprint density at radius 3 is 2.38 bits per heavy atom. The fourth-order valence-corrected chi connectivity index (χ4v) is 1.36. The van der Waals surface area contributed by atoms with Crippen molar-refractivity contribution in [3.63, 3.8) is 0 Å². The van der Waals surface area contributed by atoms with E-state index in [4.69, 9.17) is 0 Å². The monoisotopic (exact) mass is 304 g/mol. The molecule has 0 fully saturated rings. The Bertz CT molecular complexity index is 363. The van der Waals surface area contributed by atoms with Gasteiger partial charge in [-0.3, -0.25) is 0 Å². The molecule has 1 aromatic carbocycles. The standard InChI is InChI=1S/C9H6BrF5O/c10-5-1-2-7(6(3-5)8(11)12)16-4-9(13,14)15/h1-3,8H,4H2. The van der Waals surface area contributed by atoms with Gasteiger partial charge in [0.1, 0.15) is 5.75 Å². The second-order valence-electron chi connectivity index (χ2n) is 2.89. The molecule has 0 saturated carbocycles. The van der Waals surface area contributed by atoms with Gasteiger partial charge in [-0.1, -0.05) is 15.9 Å². The van der Waals surface area contributed by atoms with Crippen LogP contribution in [-0.4, -0.2) is 12.8 Å². The van der Waals surface area contributed by atoms with Gasteiger partial charge < -0.3 is 4.74 Å². The van der Waals surface area contributed by atoms with Crippen LogP contribution < -0.4 is 4.74 Å². The number of hydrogen-bond acceptors (Lipinski definition) is 1. The second kappa shape index (κ2) is 4.99.